The van der Waals surface area contributed by atoms with Crippen LogP contribution in [0.25, 0.3) is 0 Å². The van der Waals surface area contributed by atoms with E-state index in [2.05, 4.69) is 4.98 Å². The molecule has 0 saturated carbocycles. The molecule has 0 aliphatic carbocycles. The van der Waals surface area contributed by atoms with E-state index >= 15 is 0 Å². The fourth-order valence-electron chi connectivity index (χ4n) is 1.20. The summed E-state index contributed by atoms with van der Waals surface area (Å²) in [5, 5.41) is 19.7. The Morgan fingerprint density at radius 2 is 2.36 bits per heavy atom. The number of rotatable bonds is 3. The molecule has 1 heterocycles. The first-order chi connectivity index (χ1) is 6.45. The maximum absolute atomic E-state index is 10.6. The van der Waals surface area contributed by atoms with Crippen LogP contribution < -0.4 is 0 Å². The van der Waals surface area contributed by atoms with Gasteiger partial charge in [0.2, 0.25) is 0 Å². The van der Waals surface area contributed by atoms with Crippen LogP contribution in [0.3, 0.4) is 0 Å². The normalized spacial score (nSPS) is 15.1. The summed E-state index contributed by atoms with van der Waals surface area (Å²) in [7, 11) is 0. The third-order valence-corrected chi connectivity index (χ3v) is 2.32. The van der Waals surface area contributed by atoms with Crippen molar-refractivity contribution < 1.29 is 10.0 Å². The molecule has 0 bridgehead atoms. The molecule has 0 saturated heterocycles. The summed E-state index contributed by atoms with van der Waals surface area (Å²) < 4.78 is 1.29. The minimum absolute atomic E-state index is 0.172. The van der Waals surface area contributed by atoms with Crippen LogP contribution in [0, 0.1) is 17.0 Å². The van der Waals surface area contributed by atoms with Crippen molar-refractivity contribution in [2.24, 2.45) is 0 Å². The molecule has 0 amide bonds. The van der Waals surface area contributed by atoms with Crippen LogP contribution in [0.15, 0.2) is 6.20 Å². The van der Waals surface area contributed by atoms with Crippen LogP contribution >= 0.6 is 11.6 Å². The van der Waals surface area contributed by atoms with E-state index in [9.17, 15) is 10.1 Å². The molecule has 2 atom stereocenters. The topological polar surface area (TPSA) is 81.2 Å². The van der Waals surface area contributed by atoms with Gasteiger partial charge < -0.3 is 15.2 Å². The van der Waals surface area contributed by atoms with Crippen LogP contribution in [0.2, 0.25) is 0 Å². The molecule has 0 aliphatic heterocycles. The van der Waals surface area contributed by atoms with Crippen molar-refractivity contribution in [1.29, 1.82) is 0 Å². The van der Waals surface area contributed by atoms with Gasteiger partial charge in [-0.25, -0.2) is 9.55 Å². The number of nitro groups is 1. The van der Waals surface area contributed by atoms with E-state index in [1.165, 1.54) is 4.57 Å². The van der Waals surface area contributed by atoms with E-state index in [0.717, 1.165) is 6.20 Å². The van der Waals surface area contributed by atoms with Gasteiger partial charge in [0.1, 0.15) is 12.2 Å². The maximum atomic E-state index is 10.6. The summed E-state index contributed by atoms with van der Waals surface area (Å²) in [5.41, 5.74) is -1.18. The highest BCUT2D eigenvalue weighted by Gasteiger charge is 2.26. The van der Waals surface area contributed by atoms with Crippen molar-refractivity contribution in [3.8, 4) is 0 Å². The molecule has 78 valence electrons. The number of aryl methyl sites for hydroxylation is 1. The minimum atomic E-state index is -1.18. The second kappa shape index (κ2) is 3.93. The molecule has 7 heteroatoms. The predicted molar refractivity (Wildman–Crippen MR) is 50.2 cm³/mol. The van der Waals surface area contributed by atoms with Crippen molar-refractivity contribution in [3.63, 3.8) is 0 Å². The Balaban J connectivity index is 3.17. The van der Waals surface area contributed by atoms with Gasteiger partial charge in [-0.05, 0) is 11.8 Å². The Bertz CT molecular complexity index is 350. The van der Waals surface area contributed by atoms with Gasteiger partial charge in [-0.2, -0.15) is 0 Å². The lowest BCUT2D eigenvalue weighted by Gasteiger charge is -2.12. The van der Waals surface area contributed by atoms with Crippen LogP contribution in [0.1, 0.15) is 18.8 Å². The summed E-state index contributed by atoms with van der Waals surface area (Å²) >= 11 is 5.45. The van der Waals surface area contributed by atoms with Gasteiger partial charge in [0.05, 0.1) is 0 Å². The first-order valence-electron chi connectivity index (χ1n) is 3.95. The number of aliphatic hydroxyl groups is 1. The van der Waals surface area contributed by atoms with Crippen LogP contribution in [0.4, 0.5) is 5.82 Å². The van der Waals surface area contributed by atoms with Gasteiger partial charge in [-0.15, -0.1) is 0 Å². The monoisotopic (exact) mass is 219 g/mol. The minimum Gasteiger partial charge on any atom is -0.373 e. The highest BCUT2D eigenvalue weighted by Crippen LogP contribution is 2.23. The number of alkyl halides is 1. The van der Waals surface area contributed by atoms with Gasteiger partial charge in [0.15, 0.2) is 11.4 Å². The average molecular weight is 220 g/mol. The molecule has 6 nitrogen and oxygen atoms in total. The molecule has 1 aromatic heterocycles. The molecule has 0 aliphatic rings. The van der Waals surface area contributed by atoms with E-state index in [-0.39, 0.29) is 5.82 Å². The van der Waals surface area contributed by atoms with Gasteiger partial charge in [-0.1, -0.05) is 11.6 Å². The lowest BCUT2D eigenvalue weighted by atomic mass is 10.3. The number of imidazole rings is 1. The molecule has 1 aromatic rings. The van der Waals surface area contributed by atoms with Gasteiger partial charge in [-0.3, -0.25) is 0 Å². The van der Waals surface area contributed by atoms with Gasteiger partial charge in [0.25, 0.3) is 0 Å². The number of aromatic nitrogens is 2. The second-order valence-corrected chi connectivity index (χ2v) is 3.35. The standard InChI is InChI=1S/C7H10ClN3O3/c1-4(7(8)12)10-5(2)9-3-6(10)11(13)14/h3-4,7,12H,1-2H3. The third-order valence-electron chi connectivity index (χ3n) is 1.95. The molecule has 1 N–H and O–H groups in total. The summed E-state index contributed by atoms with van der Waals surface area (Å²) in [5.74, 6) is 0.276. The Morgan fingerprint density at radius 1 is 1.79 bits per heavy atom. The molecule has 0 radical (unpaired) electrons. The van der Waals surface area contributed by atoms with E-state index in [4.69, 9.17) is 16.7 Å². The van der Waals surface area contributed by atoms with Crippen molar-refractivity contribution in [2.45, 2.75) is 25.5 Å². The fourth-order valence-corrected chi connectivity index (χ4v) is 1.32. The summed E-state index contributed by atoms with van der Waals surface area (Å²) in [6, 6.07) is -0.584. The zero-order valence-electron chi connectivity index (χ0n) is 7.72. The van der Waals surface area contributed by atoms with Crippen LogP contribution in [0.5, 0.6) is 0 Å². The molecular weight excluding hydrogens is 210 g/mol. The number of aliphatic hydroxyl groups excluding tert-OH is 1. The first-order valence-corrected chi connectivity index (χ1v) is 4.39. The Hall–Kier alpha value is -1.14. The van der Waals surface area contributed by atoms with Gasteiger partial charge in [0, 0.05) is 6.92 Å². The molecule has 0 fully saturated rings. The SMILES string of the molecule is Cc1ncc([N+](=O)[O-])n1C(C)C(O)Cl. The number of halogens is 1. The molecule has 2 unspecified atom stereocenters. The summed E-state index contributed by atoms with van der Waals surface area (Å²) in [6.07, 6.45) is 1.14. The van der Waals surface area contributed by atoms with E-state index in [1.54, 1.807) is 13.8 Å². The van der Waals surface area contributed by atoms with E-state index < -0.39 is 16.5 Å². The molecule has 0 aromatic carbocycles. The highest BCUT2D eigenvalue weighted by molar-refractivity contribution is 6.19. The summed E-state index contributed by atoms with van der Waals surface area (Å²) in [4.78, 5) is 13.8. The lowest BCUT2D eigenvalue weighted by Crippen LogP contribution is -2.18. The van der Waals surface area contributed by atoms with Crippen LogP contribution in [-0.4, -0.2) is 25.1 Å². The van der Waals surface area contributed by atoms with Crippen molar-refractivity contribution in [2.75, 3.05) is 0 Å². The molecular formula is C7H10ClN3O3. The largest absolute Gasteiger partial charge is 0.373 e. The number of hydrogen-bond donors (Lipinski definition) is 1. The smallest absolute Gasteiger partial charge is 0.343 e. The zero-order chi connectivity index (χ0) is 10.9. The highest BCUT2D eigenvalue weighted by atomic mass is 35.5. The lowest BCUT2D eigenvalue weighted by molar-refractivity contribution is -0.392. The summed E-state index contributed by atoms with van der Waals surface area (Å²) in [6.45, 7) is 3.20. The third kappa shape index (κ3) is 1.85. The Labute approximate surface area is 85.3 Å². The van der Waals surface area contributed by atoms with Crippen LogP contribution in [-0.2, 0) is 0 Å². The Kier molecular flexibility index (Phi) is 3.07. The van der Waals surface area contributed by atoms with Gasteiger partial charge >= 0.3 is 5.82 Å². The molecule has 0 spiro atoms. The van der Waals surface area contributed by atoms with Crippen molar-refractivity contribution >= 4 is 17.4 Å². The first kappa shape index (κ1) is 10.9. The number of nitrogens with zero attached hydrogens (tertiary/aromatic N) is 3. The average Bonchev–Trinajstić information content (AvgIpc) is 2.45. The molecule has 14 heavy (non-hydrogen) atoms. The second-order valence-electron chi connectivity index (χ2n) is 2.90. The fraction of sp³-hybridized carbons (Fsp3) is 0.571. The zero-order valence-corrected chi connectivity index (χ0v) is 8.47. The maximum Gasteiger partial charge on any atom is 0.343 e. The number of hydrogen-bond acceptors (Lipinski definition) is 4. The van der Waals surface area contributed by atoms with E-state index in [0.29, 0.717) is 5.82 Å². The van der Waals surface area contributed by atoms with E-state index in [1.807, 2.05) is 0 Å². The van der Waals surface area contributed by atoms with Crippen molar-refractivity contribution in [1.82, 2.24) is 9.55 Å². The van der Waals surface area contributed by atoms with Crippen molar-refractivity contribution in [3.05, 3.63) is 22.1 Å². The molecule has 1 rings (SSSR count). The Morgan fingerprint density at radius 3 is 2.79 bits per heavy atom. The predicted octanol–water partition coefficient (Wildman–Crippen LogP) is 1.22. The quantitative estimate of drug-likeness (QED) is 0.471.